The van der Waals surface area contributed by atoms with Gasteiger partial charge in [0.05, 0.1) is 18.0 Å². The van der Waals surface area contributed by atoms with Crippen LogP contribution >= 0.6 is 0 Å². The highest BCUT2D eigenvalue weighted by molar-refractivity contribution is 7.89. The number of nitrogens with one attached hydrogen (secondary N) is 1. The SMILES string of the molecule is O=S(=O)(NCC(F)(F)C(F)F)c1cccc(CO)c1. The summed E-state index contributed by atoms with van der Waals surface area (Å²) in [6.45, 7) is -2.13. The van der Waals surface area contributed by atoms with E-state index in [4.69, 9.17) is 5.11 Å². The van der Waals surface area contributed by atoms with Crippen molar-refractivity contribution in [2.45, 2.75) is 23.9 Å². The van der Waals surface area contributed by atoms with Gasteiger partial charge in [-0.3, -0.25) is 0 Å². The molecule has 2 N–H and O–H groups in total. The molecule has 4 nitrogen and oxygen atoms in total. The van der Waals surface area contributed by atoms with E-state index in [-0.39, 0.29) is 10.5 Å². The van der Waals surface area contributed by atoms with E-state index < -0.39 is 35.5 Å². The van der Waals surface area contributed by atoms with Gasteiger partial charge >= 0.3 is 12.3 Å². The minimum atomic E-state index is -4.44. The van der Waals surface area contributed by atoms with E-state index in [0.29, 0.717) is 0 Å². The van der Waals surface area contributed by atoms with Gasteiger partial charge in [0.25, 0.3) is 0 Å². The Morgan fingerprint density at radius 2 is 1.95 bits per heavy atom. The van der Waals surface area contributed by atoms with Crippen LogP contribution in [-0.4, -0.2) is 32.4 Å². The molecule has 0 aliphatic carbocycles. The first-order chi connectivity index (χ1) is 8.69. The van der Waals surface area contributed by atoms with E-state index in [1.165, 1.54) is 16.9 Å². The van der Waals surface area contributed by atoms with Gasteiger partial charge in [-0.05, 0) is 17.7 Å². The lowest BCUT2D eigenvalue weighted by Gasteiger charge is -2.16. The van der Waals surface area contributed by atoms with Gasteiger partial charge in [0.1, 0.15) is 0 Å². The smallest absolute Gasteiger partial charge is 0.320 e. The fourth-order valence-corrected chi connectivity index (χ4v) is 2.28. The average molecular weight is 301 g/mol. The lowest BCUT2D eigenvalue weighted by Crippen LogP contribution is -2.41. The maximum Gasteiger partial charge on any atom is 0.320 e. The zero-order chi connectivity index (χ0) is 14.7. The summed E-state index contributed by atoms with van der Waals surface area (Å²) < 4.78 is 73.6. The molecule has 0 aliphatic rings. The molecular formula is C10H11F4NO3S. The molecule has 0 radical (unpaired) electrons. The van der Waals surface area contributed by atoms with Crippen LogP contribution in [0.1, 0.15) is 5.56 Å². The molecule has 0 saturated heterocycles. The number of alkyl halides is 4. The predicted octanol–water partition coefficient (Wildman–Crippen LogP) is 1.36. The Hall–Kier alpha value is -1.19. The third kappa shape index (κ3) is 4.15. The normalized spacial score (nSPS) is 12.9. The van der Waals surface area contributed by atoms with E-state index in [2.05, 4.69) is 0 Å². The van der Waals surface area contributed by atoms with Crippen molar-refractivity contribution < 1.29 is 31.1 Å². The summed E-state index contributed by atoms with van der Waals surface area (Å²) in [6.07, 6.45) is -3.96. The minimum absolute atomic E-state index is 0.253. The fourth-order valence-electron chi connectivity index (χ4n) is 1.16. The number of sulfonamides is 1. The van der Waals surface area contributed by atoms with Crippen molar-refractivity contribution in [1.29, 1.82) is 0 Å². The predicted molar refractivity (Wildman–Crippen MR) is 58.5 cm³/mol. The lowest BCUT2D eigenvalue weighted by molar-refractivity contribution is -0.122. The molecule has 0 aliphatic heterocycles. The van der Waals surface area contributed by atoms with Crippen LogP contribution in [0.2, 0.25) is 0 Å². The molecule has 108 valence electrons. The second kappa shape index (κ2) is 5.85. The average Bonchev–Trinajstić information content (AvgIpc) is 2.36. The van der Waals surface area contributed by atoms with Gasteiger partial charge in [-0.15, -0.1) is 0 Å². The zero-order valence-electron chi connectivity index (χ0n) is 9.48. The first-order valence-electron chi connectivity index (χ1n) is 5.04. The van der Waals surface area contributed by atoms with Crippen LogP contribution in [0, 0.1) is 0 Å². The van der Waals surface area contributed by atoms with Gasteiger partial charge < -0.3 is 5.11 Å². The summed E-state index contributed by atoms with van der Waals surface area (Å²) in [6, 6.07) is 4.88. The van der Waals surface area contributed by atoms with Crippen molar-refractivity contribution in [1.82, 2.24) is 4.72 Å². The number of benzene rings is 1. The van der Waals surface area contributed by atoms with Gasteiger partial charge in [0, 0.05) is 0 Å². The van der Waals surface area contributed by atoms with Crippen molar-refractivity contribution in [3.8, 4) is 0 Å². The van der Waals surface area contributed by atoms with Crippen molar-refractivity contribution in [2.24, 2.45) is 0 Å². The number of hydrogen-bond donors (Lipinski definition) is 2. The van der Waals surface area contributed by atoms with Gasteiger partial charge in [-0.25, -0.2) is 21.9 Å². The van der Waals surface area contributed by atoms with Gasteiger partial charge in [-0.2, -0.15) is 8.78 Å². The number of hydrogen-bond acceptors (Lipinski definition) is 3. The zero-order valence-corrected chi connectivity index (χ0v) is 10.3. The molecule has 0 heterocycles. The third-order valence-electron chi connectivity index (χ3n) is 2.21. The van der Waals surface area contributed by atoms with E-state index in [1.54, 1.807) is 0 Å². The molecule has 0 spiro atoms. The highest BCUT2D eigenvalue weighted by Gasteiger charge is 2.41. The molecule has 9 heteroatoms. The molecule has 0 fully saturated rings. The second-order valence-corrected chi connectivity index (χ2v) is 5.46. The molecule has 1 rings (SSSR count). The van der Waals surface area contributed by atoms with Crippen LogP contribution in [0.25, 0.3) is 0 Å². The van der Waals surface area contributed by atoms with Crippen molar-refractivity contribution in [3.05, 3.63) is 29.8 Å². The summed E-state index contributed by atoms with van der Waals surface area (Å²) in [5.41, 5.74) is 0.253. The Balaban J connectivity index is 2.87. The minimum Gasteiger partial charge on any atom is -0.392 e. The maximum atomic E-state index is 12.6. The molecule has 0 atom stereocenters. The van der Waals surface area contributed by atoms with Gasteiger partial charge in [-0.1, -0.05) is 12.1 Å². The van der Waals surface area contributed by atoms with Crippen molar-refractivity contribution in [2.75, 3.05) is 6.54 Å². The lowest BCUT2D eigenvalue weighted by atomic mass is 10.2. The Labute approximate surface area is 107 Å². The molecule has 1 aromatic carbocycles. The highest BCUT2D eigenvalue weighted by Crippen LogP contribution is 2.22. The van der Waals surface area contributed by atoms with E-state index >= 15 is 0 Å². The van der Waals surface area contributed by atoms with Crippen LogP contribution in [0.3, 0.4) is 0 Å². The van der Waals surface area contributed by atoms with E-state index in [9.17, 15) is 26.0 Å². The Morgan fingerprint density at radius 3 is 2.47 bits per heavy atom. The second-order valence-electron chi connectivity index (χ2n) is 3.69. The van der Waals surface area contributed by atoms with Gasteiger partial charge in [0.2, 0.25) is 10.0 Å². The number of halogens is 4. The van der Waals surface area contributed by atoms with Crippen molar-refractivity contribution >= 4 is 10.0 Å². The van der Waals surface area contributed by atoms with Crippen LogP contribution in [-0.2, 0) is 16.6 Å². The van der Waals surface area contributed by atoms with E-state index in [0.717, 1.165) is 12.1 Å². The molecule has 0 aromatic heterocycles. The summed E-state index contributed by atoms with van der Waals surface area (Å²) in [7, 11) is -4.33. The molecule has 0 saturated carbocycles. The first-order valence-corrected chi connectivity index (χ1v) is 6.53. The first kappa shape index (κ1) is 15.9. The quantitative estimate of drug-likeness (QED) is 0.780. The summed E-state index contributed by atoms with van der Waals surface area (Å²) in [4.78, 5) is -0.385. The fraction of sp³-hybridized carbons (Fsp3) is 0.400. The Morgan fingerprint density at radius 1 is 1.32 bits per heavy atom. The summed E-state index contributed by atoms with van der Waals surface area (Å²) in [5.74, 6) is -4.44. The molecule has 0 unspecified atom stereocenters. The molecular weight excluding hydrogens is 290 g/mol. The Kier molecular flexibility index (Phi) is 4.88. The monoisotopic (exact) mass is 301 g/mol. The third-order valence-corrected chi connectivity index (χ3v) is 3.61. The van der Waals surface area contributed by atoms with Crippen molar-refractivity contribution in [3.63, 3.8) is 0 Å². The van der Waals surface area contributed by atoms with Gasteiger partial charge in [0.15, 0.2) is 0 Å². The molecule has 19 heavy (non-hydrogen) atoms. The highest BCUT2D eigenvalue weighted by atomic mass is 32.2. The topological polar surface area (TPSA) is 66.4 Å². The largest absolute Gasteiger partial charge is 0.392 e. The summed E-state index contributed by atoms with van der Waals surface area (Å²) >= 11 is 0. The Bertz CT molecular complexity index is 533. The maximum absolute atomic E-state index is 12.6. The number of aliphatic hydroxyl groups excluding tert-OH is 1. The number of aliphatic hydroxyl groups is 1. The molecule has 0 amide bonds. The standard InChI is InChI=1S/C10H11F4NO3S/c11-9(12)10(13,14)6-15-19(17,18)8-3-1-2-7(4-8)5-16/h1-4,9,15-16H,5-6H2. The van der Waals surface area contributed by atoms with E-state index in [1.807, 2.05) is 0 Å². The molecule has 0 bridgehead atoms. The molecule has 1 aromatic rings. The number of rotatable bonds is 6. The summed E-state index contributed by atoms with van der Waals surface area (Å²) in [5, 5.41) is 8.83. The van der Waals surface area contributed by atoms with Crippen LogP contribution in [0.4, 0.5) is 17.6 Å². The van der Waals surface area contributed by atoms with Crippen LogP contribution in [0.15, 0.2) is 29.2 Å². The van der Waals surface area contributed by atoms with Crippen LogP contribution < -0.4 is 4.72 Å². The van der Waals surface area contributed by atoms with Crippen LogP contribution in [0.5, 0.6) is 0 Å².